The van der Waals surface area contributed by atoms with Gasteiger partial charge < -0.3 is 31.0 Å². The number of hydrogen-bond acceptors (Lipinski definition) is 8. The van der Waals surface area contributed by atoms with Crippen LogP contribution in [0.1, 0.15) is 5.56 Å². The third-order valence-corrected chi connectivity index (χ3v) is 6.90. The number of aromatic amines is 1. The summed E-state index contributed by atoms with van der Waals surface area (Å²) >= 11 is 0. The topological polar surface area (TPSA) is 121 Å². The van der Waals surface area contributed by atoms with Crippen molar-refractivity contribution in [1.29, 1.82) is 0 Å². The zero-order valence-corrected chi connectivity index (χ0v) is 17.8. The third-order valence-electron chi connectivity index (χ3n) is 6.90. The van der Waals surface area contributed by atoms with Gasteiger partial charge in [-0.15, -0.1) is 0 Å². The molecule has 33 heavy (non-hydrogen) atoms. The number of H-pyrrole nitrogens is 1. The molecule has 1 aromatic carbocycles. The second-order valence-corrected chi connectivity index (χ2v) is 8.80. The van der Waals surface area contributed by atoms with Gasteiger partial charge in [-0.25, -0.2) is 18.9 Å². The molecule has 3 atom stereocenters. The number of nitrogens with one attached hydrogen (secondary N) is 3. The number of anilines is 2. The van der Waals surface area contributed by atoms with Gasteiger partial charge in [-0.3, -0.25) is 0 Å². The second kappa shape index (κ2) is 6.58. The van der Waals surface area contributed by atoms with E-state index in [2.05, 4.69) is 30.6 Å². The fraction of sp³-hybridized carbons (Fsp3) is 0.318. The highest BCUT2D eigenvalue weighted by atomic mass is 19.1. The quantitative estimate of drug-likeness (QED) is 0.378. The molecule has 1 aliphatic carbocycles. The zero-order chi connectivity index (χ0) is 22.3. The Morgan fingerprint density at radius 2 is 2.12 bits per heavy atom. The summed E-state index contributed by atoms with van der Waals surface area (Å²) in [5.41, 5.74) is 9.23. The van der Waals surface area contributed by atoms with Gasteiger partial charge in [0, 0.05) is 37.6 Å². The van der Waals surface area contributed by atoms with E-state index in [9.17, 15) is 4.39 Å². The Kier molecular flexibility index (Phi) is 3.72. The molecule has 0 amide bonds. The summed E-state index contributed by atoms with van der Waals surface area (Å²) in [6.45, 7) is 1.66. The lowest BCUT2D eigenvalue weighted by molar-refractivity contribution is 0.233. The Bertz CT molecular complexity index is 1430. The summed E-state index contributed by atoms with van der Waals surface area (Å²) < 4.78 is 22.2. The van der Waals surface area contributed by atoms with E-state index < -0.39 is 6.35 Å². The molecule has 7 rings (SSSR count). The van der Waals surface area contributed by atoms with Crippen molar-refractivity contribution >= 4 is 33.9 Å². The molecule has 3 aromatic heterocycles. The SMILES string of the molecule is CNc1cc(F)cc2c3c([nH]c12)NC(Oc1cnc2ccnn2c1)N=C3N1CC2C(N)C2C1. The number of nitrogens with two attached hydrogens (primary N) is 1. The van der Waals surface area contributed by atoms with E-state index in [0.717, 1.165) is 46.9 Å². The molecule has 4 aromatic rings. The monoisotopic (exact) mass is 447 g/mol. The third kappa shape index (κ3) is 2.78. The van der Waals surface area contributed by atoms with Crippen LogP contribution in [0.2, 0.25) is 0 Å². The predicted octanol–water partition coefficient (Wildman–Crippen LogP) is 1.81. The average molecular weight is 447 g/mol. The number of amidine groups is 1. The molecular weight excluding hydrogens is 425 g/mol. The summed E-state index contributed by atoms with van der Waals surface area (Å²) in [7, 11) is 1.77. The standard InChI is InChI=1S/C22H22FN9O/c1-25-15-5-10(23)4-12-17-20(28-19(12)15)29-22(30-21(17)31-8-13-14(9-31)18(13)24)33-11-6-26-16-2-3-27-32(16)7-11/h2-7,13-14,18,22,25,28-29H,8-9,24H2,1H3. The summed E-state index contributed by atoms with van der Waals surface area (Å²) in [5.74, 6) is 2.69. The number of benzene rings is 1. The van der Waals surface area contributed by atoms with Crippen molar-refractivity contribution in [3.8, 4) is 5.75 Å². The Balaban J connectivity index is 1.31. The van der Waals surface area contributed by atoms with Crippen LogP contribution in [0.5, 0.6) is 5.75 Å². The van der Waals surface area contributed by atoms with Gasteiger partial charge in [0.2, 0.25) is 0 Å². The Morgan fingerprint density at radius 1 is 1.27 bits per heavy atom. The Morgan fingerprint density at radius 3 is 2.94 bits per heavy atom. The first-order chi connectivity index (χ1) is 16.1. The summed E-state index contributed by atoms with van der Waals surface area (Å²) in [5, 5.41) is 11.4. The lowest BCUT2D eigenvalue weighted by atomic mass is 10.1. The molecule has 0 spiro atoms. The highest BCUT2D eigenvalue weighted by Gasteiger charge is 2.54. The normalized spacial score (nSPS) is 25.5. The first-order valence-corrected chi connectivity index (χ1v) is 10.9. The maximum atomic E-state index is 14.4. The number of likely N-dealkylation sites (tertiary alicyclic amines) is 1. The van der Waals surface area contributed by atoms with Crippen LogP contribution in [0, 0.1) is 17.7 Å². The number of nitrogens with zero attached hydrogens (tertiary/aromatic N) is 5. The molecule has 5 N–H and O–H groups in total. The molecule has 11 heteroatoms. The number of hydrogen-bond donors (Lipinski definition) is 4. The molecular formula is C22H22FN9O. The van der Waals surface area contributed by atoms with E-state index in [0.29, 0.717) is 23.3 Å². The summed E-state index contributed by atoms with van der Waals surface area (Å²) in [4.78, 5) is 14.9. The van der Waals surface area contributed by atoms with Crippen molar-refractivity contribution in [2.24, 2.45) is 22.6 Å². The van der Waals surface area contributed by atoms with E-state index in [1.54, 1.807) is 36.2 Å². The van der Waals surface area contributed by atoms with E-state index in [-0.39, 0.29) is 11.9 Å². The molecule has 2 aliphatic heterocycles. The number of fused-ring (bicyclic) bond motifs is 5. The minimum atomic E-state index is -0.691. The van der Waals surface area contributed by atoms with Crippen molar-refractivity contribution in [2.75, 3.05) is 30.8 Å². The minimum Gasteiger partial charge on any atom is -0.447 e. The molecule has 1 saturated carbocycles. The molecule has 168 valence electrons. The van der Waals surface area contributed by atoms with Crippen LogP contribution in [0.25, 0.3) is 16.6 Å². The van der Waals surface area contributed by atoms with E-state index >= 15 is 0 Å². The number of rotatable bonds is 3. The zero-order valence-electron chi connectivity index (χ0n) is 17.8. The van der Waals surface area contributed by atoms with Gasteiger partial charge in [0.15, 0.2) is 11.4 Å². The van der Waals surface area contributed by atoms with E-state index in [1.165, 1.54) is 6.07 Å². The van der Waals surface area contributed by atoms with E-state index in [1.807, 2.05) is 6.07 Å². The van der Waals surface area contributed by atoms with Crippen LogP contribution >= 0.6 is 0 Å². The smallest absolute Gasteiger partial charge is 0.271 e. The van der Waals surface area contributed by atoms with Crippen LogP contribution in [-0.4, -0.2) is 62.8 Å². The lowest BCUT2D eigenvalue weighted by Gasteiger charge is -2.30. The van der Waals surface area contributed by atoms with Crippen molar-refractivity contribution in [3.05, 3.63) is 48.2 Å². The van der Waals surface area contributed by atoms with Crippen LogP contribution in [0.4, 0.5) is 15.9 Å². The number of aliphatic imine (C=N–C) groups is 1. The first kappa shape index (κ1) is 18.7. The first-order valence-electron chi connectivity index (χ1n) is 10.9. The molecule has 2 fully saturated rings. The lowest BCUT2D eigenvalue weighted by Crippen LogP contribution is -2.40. The Labute approximate surface area is 187 Å². The molecule has 3 aliphatic rings. The average Bonchev–Trinajstić information content (AvgIpc) is 3.29. The predicted molar refractivity (Wildman–Crippen MR) is 122 cm³/mol. The van der Waals surface area contributed by atoms with Crippen molar-refractivity contribution in [2.45, 2.75) is 12.4 Å². The molecule has 0 bridgehead atoms. The van der Waals surface area contributed by atoms with Crippen LogP contribution in [0.15, 0.2) is 41.8 Å². The van der Waals surface area contributed by atoms with Gasteiger partial charge in [-0.05, 0) is 24.0 Å². The maximum absolute atomic E-state index is 14.4. The molecule has 0 radical (unpaired) electrons. The Hall–Kier alpha value is -3.86. The summed E-state index contributed by atoms with van der Waals surface area (Å²) in [6, 6.07) is 5.10. The number of piperidine rings is 1. The molecule has 1 saturated heterocycles. The van der Waals surface area contributed by atoms with Gasteiger partial charge in [0.1, 0.15) is 17.5 Å². The fourth-order valence-electron chi connectivity index (χ4n) is 5.15. The van der Waals surface area contributed by atoms with Gasteiger partial charge in [-0.2, -0.15) is 5.10 Å². The summed E-state index contributed by atoms with van der Waals surface area (Å²) in [6.07, 6.45) is 4.40. The van der Waals surface area contributed by atoms with E-state index in [4.69, 9.17) is 15.5 Å². The number of halogens is 1. The van der Waals surface area contributed by atoms with Crippen molar-refractivity contribution in [3.63, 3.8) is 0 Å². The van der Waals surface area contributed by atoms with Crippen molar-refractivity contribution in [1.82, 2.24) is 24.5 Å². The molecule has 5 heterocycles. The van der Waals surface area contributed by atoms with Crippen LogP contribution in [0.3, 0.4) is 0 Å². The van der Waals surface area contributed by atoms with Crippen LogP contribution < -0.4 is 21.1 Å². The largest absolute Gasteiger partial charge is 0.447 e. The number of ether oxygens (including phenoxy) is 1. The highest BCUT2D eigenvalue weighted by Crippen LogP contribution is 2.46. The number of aromatic nitrogens is 4. The van der Waals surface area contributed by atoms with Gasteiger partial charge >= 0.3 is 0 Å². The van der Waals surface area contributed by atoms with Crippen LogP contribution in [-0.2, 0) is 0 Å². The highest BCUT2D eigenvalue weighted by molar-refractivity contribution is 6.17. The molecule has 10 nitrogen and oxygen atoms in total. The van der Waals surface area contributed by atoms with Gasteiger partial charge in [-0.1, -0.05) is 0 Å². The maximum Gasteiger partial charge on any atom is 0.271 e. The minimum absolute atomic E-state index is 0.262. The van der Waals surface area contributed by atoms with Gasteiger partial charge in [0.05, 0.1) is 35.4 Å². The van der Waals surface area contributed by atoms with Crippen molar-refractivity contribution < 1.29 is 9.13 Å². The molecule has 3 unspecified atom stereocenters. The van der Waals surface area contributed by atoms with Gasteiger partial charge in [0.25, 0.3) is 6.35 Å². The second-order valence-electron chi connectivity index (χ2n) is 8.80. The fourth-order valence-corrected chi connectivity index (χ4v) is 5.15.